The fraction of sp³-hybridized carbons (Fsp3) is 0.0833. The Hall–Kier alpha value is -1.65. The van der Waals surface area contributed by atoms with Crippen LogP contribution in [-0.4, -0.2) is 16.5 Å². The number of esters is 1. The smallest absolute Gasteiger partial charge is 0.338 e. The molecule has 0 saturated carbocycles. The Morgan fingerprint density at radius 2 is 1.78 bits per heavy atom. The van der Waals surface area contributed by atoms with E-state index in [0.29, 0.717) is 0 Å². The van der Waals surface area contributed by atoms with E-state index in [9.17, 15) is 14.4 Å². The Labute approximate surface area is 113 Å². The van der Waals surface area contributed by atoms with Gasteiger partial charge in [0.1, 0.15) is 5.75 Å². The van der Waals surface area contributed by atoms with Gasteiger partial charge in [-0.2, -0.15) is 0 Å². The molecule has 1 rings (SSSR count). The molecule has 0 aromatic heterocycles. The number of ether oxygens (including phenoxy) is 1. The van der Waals surface area contributed by atoms with E-state index in [-0.39, 0.29) is 22.4 Å². The van der Waals surface area contributed by atoms with E-state index in [1.54, 1.807) is 0 Å². The molecule has 0 fully saturated rings. The summed E-state index contributed by atoms with van der Waals surface area (Å²) in [6.07, 6.45) is 0. The van der Waals surface area contributed by atoms with Crippen LogP contribution >= 0.6 is 23.2 Å². The first-order valence-electron chi connectivity index (χ1n) is 4.75. The normalized spacial score (nSPS) is 9.72. The van der Waals surface area contributed by atoms with Gasteiger partial charge in [-0.1, -0.05) is 12.6 Å². The highest BCUT2D eigenvalue weighted by Crippen LogP contribution is 2.26. The molecule has 0 bridgehead atoms. The molecule has 0 heterocycles. The summed E-state index contributed by atoms with van der Waals surface area (Å²) in [4.78, 5) is 33.8. The number of carbonyl (C=O) groups is 3. The van der Waals surface area contributed by atoms with Crippen molar-refractivity contribution in [3.05, 3.63) is 41.5 Å². The van der Waals surface area contributed by atoms with Gasteiger partial charge in [-0.25, -0.2) is 4.79 Å². The van der Waals surface area contributed by atoms with Gasteiger partial charge in [0.2, 0.25) is 0 Å². The Morgan fingerprint density at radius 1 is 1.17 bits per heavy atom. The average molecular weight is 287 g/mol. The van der Waals surface area contributed by atoms with Crippen molar-refractivity contribution < 1.29 is 19.1 Å². The molecule has 0 radical (unpaired) electrons. The van der Waals surface area contributed by atoms with Gasteiger partial charge in [0, 0.05) is 11.1 Å². The summed E-state index contributed by atoms with van der Waals surface area (Å²) in [5.74, 6) is -0.858. The van der Waals surface area contributed by atoms with E-state index >= 15 is 0 Å². The van der Waals surface area contributed by atoms with Crippen molar-refractivity contribution in [2.24, 2.45) is 0 Å². The van der Waals surface area contributed by atoms with Crippen molar-refractivity contribution in [1.82, 2.24) is 0 Å². The Bertz CT molecular complexity index is 549. The van der Waals surface area contributed by atoms with Gasteiger partial charge in [-0.15, -0.1) is 0 Å². The van der Waals surface area contributed by atoms with Crippen LogP contribution < -0.4 is 4.74 Å². The number of hydrogen-bond donors (Lipinski definition) is 0. The monoisotopic (exact) mass is 286 g/mol. The van der Waals surface area contributed by atoms with Crippen molar-refractivity contribution >= 4 is 39.7 Å². The maximum Gasteiger partial charge on any atom is 0.338 e. The van der Waals surface area contributed by atoms with Gasteiger partial charge in [-0.3, -0.25) is 9.59 Å². The van der Waals surface area contributed by atoms with Gasteiger partial charge in [-0.05, 0) is 42.3 Å². The lowest BCUT2D eigenvalue weighted by Crippen LogP contribution is -2.12. The molecule has 1 aromatic rings. The zero-order chi connectivity index (χ0) is 13.9. The van der Waals surface area contributed by atoms with Crippen LogP contribution in [0, 0.1) is 0 Å². The number of hydrogen-bond acceptors (Lipinski definition) is 4. The molecule has 0 aliphatic rings. The van der Waals surface area contributed by atoms with Crippen molar-refractivity contribution in [1.29, 1.82) is 0 Å². The summed E-state index contributed by atoms with van der Waals surface area (Å²) in [5, 5.41) is -1.81. The number of rotatable bonds is 4. The van der Waals surface area contributed by atoms with Crippen LogP contribution in [0.5, 0.6) is 5.75 Å². The molecule has 0 saturated heterocycles. The molecule has 0 atom stereocenters. The number of carbonyl (C=O) groups excluding carboxylic acids is 3. The predicted octanol–water partition coefficient (Wildman–Crippen LogP) is 2.93. The fourth-order valence-corrected chi connectivity index (χ4v) is 1.52. The zero-order valence-corrected chi connectivity index (χ0v) is 10.8. The van der Waals surface area contributed by atoms with Crippen molar-refractivity contribution in [2.45, 2.75) is 6.92 Å². The molecule has 0 amide bonds. The summed E-state index contributed by atoms with van der Waals surface area (Å²) in [6.45, 7) is 4.84. The van der Waals surface area contributed by atoms with Crippen LogP contribution in [-0.2, 0) is 4.79 Å². The zero-order valence-electron chi connectivity index (χ0n) is 9.33. The first-order chi connectivity index (χ1) is 8.34. The first kappa shape index (κ1) is 14.4. The van der Waals surface area contributed by atoms with Crippen molar-refractivity contribution in [2.75, 3.05) is 0 Å². The predicted molar refractivity (Wildman–Crippen MR) is 67.3 cm³/mol. The van der Waals surface area contributed by atoms with Crippen LogP contribution in [0.1, 0.15) is 27.6 Å². The van der Waals surface area contributed by atoms with Gasteiger partial charge in [0.05, 0.1) is 5.56 Å². The second-order valence-electron chi connectivity index (χ2n) is 3.40. The molecule has 4 nitrogen and oxygen atoms in total. The Morgan fingerprint density at radius 3 is 2.22 bits per heavy atom. The van der Waals surface area contributed by atoms with Crippen LogP contribution in [0.4, 0.5) is 0 Å². The minimum absolute atomic E-state index is 0.122. The Balaban J connectivity index is 3.32. The average Bonchev–Trinajstić information content (AvgIpc) is 2.27. The lowest BCUT2D eigenvalue weighted by molar-refractivity contribution is -0.130. The second-order valence-corrected chi connectivity index (χ2v) is 4.08. The summed E-state index contributed by atoms with van der Waals surface area (Å²) in [7, 11) is 0. The van der Waals surface area contributed by atoms with Crippen molar-refractivity contribution in [3.8, 4) is 5.75 Å². The number of halogens is 2. The van der Waals surface area contributed by atoms with Crippen LogP contribution in [0.3, 0.4) is 0 Å². The van der Waals surface area contributed by atoms with E-state index in [2.05, 4.69) is 6.58 Å². The molecule has 0 spiro atoms. The van der Waals surface area contributed by atoms with Crippen LogP contribution in [0.2, 0.25) is 0 Å². The summed E-state index contributed by atoms with van der Waals surface area (Å²) in [6, 6.07) is 4.06. The summed E-state index contributed by atoms with van der Waals surface area (Å²) in [5.41, 5.74) is -0.219. The van der Waals surface area contributed by atoms with E-state index < -0.39 is 16.5 Å². The minimum Gasteiger partial charge on any atom is -0.422 e. The van der Waals surface area contributed by atoms with Gasteiger partial charge in [0.25, 0.3) is 10.5 Å². The standard InChI is InChI=1S/C12H8Cl2O4/c1-6(2)12(17)18-8-5-3-4-7(10(13)15)9(8)11(14)16/h3-5H,1H2,2H3. The first-order valence-corrected chi connectivity index (χ1v) is 5.50. The highest BCUT2D eigenvalue weighted by atomic mass is 35.5. The molecule has 18 heavy (non-hydrogen) atoms. The molecular formula is C12H8Cl2O4. The molecular weight excluding hydrogens is 279 g/mol. The minimum atomic E-state index is -0.941. The summed E-state index contributed by atoms with van der Waals surface area (Å²) >= 11 is 10.7. The maximum absolute atomic E-state index is 11.4. The largest absolute Gasteiger partial charge is 0.422 e. The highest BCUT2D eigenvalue weighted by molar-refractivity contribution is 6.72. The summed E-state index contributed by atoms with van der Waals surface area (Å²) < 4.78 is 4.90. The maximum atomic E-state index is 11.4. The highest BCUT2D eigenvalue weighted by Gasteiger charge is 2.21. The van der Waals surface area contributed by atoms with Crippen LogP contribution in [0.25, 0.3) is 0 Å². The Kier molecular flexibility index (Phi) is 4.64. The van der Waals surface area contributed by atoms with E-state index in [4.69, 9.17) is 27.9 Å². The lowest BCUT2D eigenvalue weighted by Gasteiger charge is -2.09. The van der Waals surface area contributed by atoms with Gasteiger partial charge >= 0.3 is 5.97 Å². The molecule has 0 aliphatic carbocycles. The quantitative estimate of drug-likeness (QED) is 0.370. The topological polar surface area (TPSA) is 60.4 Å². The third-order valence-electron chi connectivity index (χ3n) is 1.99. The van der Waals surface area contributed by atoms with E-state index in [1.807, 2.05) is 0 Å². The third-order valence-corrected chi connectivity index (χ3v) is 2.38. The third kappa shape index (κ3) is 3.18. The van der Waals surface area contributed by atoms with Crippen molar-refractivity contribution in [3.63, 3.8) is 0 Å². The van der Waals surface area contributed by atoms with E-state index in [0.717, 1.165) is 0 Å². The molecule has 0 aliphatic heterocycles. The van der Waals surface area contributed by atoms with Gasteiger partial charge in [0.15, 0.2) is 0 Å². The van der Waals surface area contributed by atoms with E-state index in [1.165, 1.54) is 25.1 Å². The molecule has 0 N–H and O–H groups in total. The fourth-order valence-electron chi connectivity index (χ4n) is 1.17. The molecule has 0 unspecified atom stereocenters. The molecule has 6 heteroatoms. The van der Waals surface area contributed by atoms with Crippen LogP contribution in [0.15, 0.2) is 30.4 Å². The second kappa shape index (κ2) is 5.80. The van der Waals surface area contributed by atoms with Gasteiger partial charge < -0.3 is 4.74 Å². The lowest BCUT2D eigenvalue weighted by atomic mass is 10.1. The molecule has 1 aromatic carbocycles. The SMILES string of the molecule is C=C(C)C(=O)Oc1cccc(C(=O)Cl)c1C(=O)Cl. The number of benzene rings is 1. The molecule has 94 valence electrons.